The molecule has 0 radical (unpaired) electrons. The van der Waals surface area contributed by atoms with E-state index in [9.17, 15) is 4.79 Å². The van der Waals surface area contributed by atoms with Crippen LogP contribution in [0.4, 0.5) is 0 Å². The summed E-state index contributed by atoms with van der Waals surface area (Å²) >= 11 is 0. The second-order valence-electron chi connectivity index (χ2n) is 7.17. The molecule has 3 N–H and O–H groups in total. The zero-order valence-corrected chi connectivity index (χ0v) is 18.8. The van der Waals surface area contributed by atoms with Crippen LogP contribution in [0.15, 0.2) is 29.3 Å². The summed E-state index contributed by atoms with van der Waals surface area (Å²) in [4.78, 5) is 20.4. The minimum absolute atomic E-state index is 0. The minimum Gasteiger partial charge on any atom is -0.379 e. The second-order valence-corrected chi connectivity index (χ2v) is 7.17. The van der Waals surface area contributed by atoms with Crippen LogP contribution in [0.1, 0.15) is 30.4 Å². The summed E-state index contributed by atoms with van der Waals surface area (Å²) < 4.78 is 5.35. The van der Waals surface area contributed by atoms with Gasteiger partial charge in [-0.1, -0.05) is 24.3 Å². The van der Waals surface area contributed by atoms with E-state index in [0.29, 0.717) is 25.5 Å². The smallest absolute Gasteiger partial charge is 0.222 e. The molecule has 7 nitrogen and oxygen atoms in total. The number of nitrogens with zero attached hydrogens (tertiary/aromatic N) is 3. The van der Waals surface area contributed by atoms with Crippen molar-refractivity contribution < 1.29 is 9.53 Å². The zero-order chi connectivity index (χ0) is 18.9. The highest BCUT2D eigenvalue weighted by Gasteiger charge is 2.19. The Balaban J connectivity index is 0.00000280. The summed E-state index contributed by atoms with van der Waals surface area (Å²) in [6.45, 7) is 7.74. The van der Waals surface area contributed by atoms with Crippen molar-refractivity contribution in [2.24, 2.45) is 10.7 Å². The first-order chi connectivity index (χ1) is 13.2. The van der Waals surface area contributed by atoms with Crippen molar-refractivity contribution in [2.45, 2.75) is 32.4 Å². The SMILES string of the molecule is I.NC(=NCc1ccc(CN2CCCC2=O)cc1)NCCCN1CCOCC1. The van der Waals surface area contributed by atoms with E-state index >= 15 is 0 Å². The van der Waals surface area contributed by atoms with Gasteiger partial charge < -0.3 is 20.7 Å². The van der Waals surface area contributed by atoms with E-state index in [1.54, 1.807) is 0 Å². The molecule has 2 heterocycles. The first-order valence-corrected chi connectivity index (χ1v) is 9.90. The Hall–Kier alpha value is -1.39. The van der Waals surface area contributed by atoms with Gasteiger partial charge in [-0.25, -0.2) is 4.99 Å². The third-order valence-corrected chi connectivity index (χ3v) is 5.06. The van der Waals surface area contributed by atoms with E-state index in [1.165, 1.54) is 0 Å². The van der Waals surface area contributed by atoms with Gasteiger partial charge >= 0.3 is 0 Å². The molecule has 0 bridgehead atoms. The van der Waals surface area contributed by atoms with E-state index in [4.69, 9.17) is 10.5 Å². The topological polar surface area (TPSA) is 83.2 Å². The normalized spacial score (nSPS) is 18.2. The van der Waals surface area contributed by atoms with Crippen molar-refractivity contribution in [3.63, 3.8) is 0 Å². The number of amides is 1. The van der Waals surface area contributed by atoms with Crippen LogP contribution in [0.3, 0.4) is 0 Å². The fraction of sp³-hybridized carbons (Fsp3) is 0.600. The number of carbonyl (C=O) groups is 1. The molecule has 0 atom stereocenters. The lowest BCUT2D eigenvalue weighted by molar-refractivity contribution is -0.128. The summed E-state index contributed by atoms with van der Waals surface area (Å²) in [6.07, 6.45) is 2.70. The largest absolute Gasteiger partial charge is 0.379 e. The number of nitrogens with two attached hydrogens (primary N) is 1. The molecular weight excluding hydrogens is 469 g/mol. The number of halogens is 1. The fourth-order valence-corrected chi connectivity index (χ4v) is 3.42. The van der Waals surface area contributed by atoms with Gasteiger partial charge in [0, 0.05) is 39.1 Å². The number of likely N-dealkylation sites (tertiary alicyclic amines) is 1. The molecule has 0 saturated carbocycles. The number of morpholine rings is 1. The van der Waals surface area contributed by atoms with Crippen LogP contribution in [-0.2, 0) is 22.6 Å². The maximum atomic E-state index is 11.7. The molecule has 2 fully saturated rings. The fourth-order valence-electron chi connectivity index (χ4n) is 3.42. The van der Waals surface area contributed by atoms with E-state index in [0.717, 1.165) is 69.9 Å². The van der Waals surface area contributed by atoms with Gasteiger partial charge in [0.05, 0.1) is 19.8 Å². The molecule has 1 aromatic rings. The molecule has 0 spiro atoms. The highest BCUT2D eigenvalue weighted by molar-refractivity contribution is 14.0. The molecule has 28 heavy (non-hydrogen) atoms. The number of ether oxygens (including phenoxy) is 1. The summed E-state index contributed by atoms with van der Waals surface area (Å²) in [5.74, 6) is 0.750. The summed E-state index contributed by atoms with van der Waals surface area (Å²) in [5, 5.41) is 3.18. The molecule has 8 heteroatoms. The Morgan fingerprint density at radius 2 is 1.86 bits per heavy atom. The van der Waals surface area contributed by atoms with Crippen molar-refractivity contribution in [3.8, 4) is 0 Å². The number of hydrogen-bond donors (Lipinski definition) is 2. The number of guanidine groups is 1. The first kappa shape index (κ1) is 22.9. The Labute approximate surface area is 184 Å². The van der Waals surface area contributed by atoms with Gasteiger partial charge in [-0.15, -0.1) is 24.0 Å². The van der Waals surface area contributed by atoms with Crippen LogP contribution >= 0.6 is 24.0 Å². The number of rotatable bonds is 8. The zero-order valence-electron chi connectivity index (χ0n) is 16.4. The number of carbonyl (C=O) groups excluding carboxylic acids is 1. The second kappa shape index (κ2) is 12.2. The van der Waals surface area contributed by atoms with Gasteiger partial charge in [0.2, 0.25) is 5.91 Å². The summed E-state index contributed by atoms with van der Waals surface area (Å²) in [6, 6.07) is 8.26. The van der Waals surface area contributed by atoms with Crippen LogP contribution < -0.4 is 11.1 Å². The van der Waals surface area contributed by atoms with Gasteiger partial charge in [0.1, 0.15) is 0 Å². The summed E-state index contributed by atoms with van der Waals surface area (Å²) in [5.41, 5.74) is 8.23. The number of nitrogens with one attached hydrogen (secondary N) is 1. The Morgan fingerprint density at radius 1 is 1.14 bits per heavy atom. The highest BCUT2D eigenvalue weighted by atomic mass is 127. The minimum atomic E-state index is 0. The molecule has 1 amide bonds. The molecule has 3 rings (SSSR count). The van der Waals surface area contributed by atoms with Crippen molar-refractivity contribution >= 4 is 35.8 Å². The highest BCUT2D eigenvalue weighted by Crippen LogP contribution is 2.15. The van der Waals surface area contributed by atoms with E-state index in [1.807, 2.05) is 4.90 Å². The van der Waals surface area contributed by atoms with Crippen molar-refractivity contribution in [1.82, 2.24) is 15.1 Å². The van der Waals surface area contributed by atoms with Crippen molar-refractivity contribution in [2.75, 3.05) is 45.9 Å². The monoisotopic (exact) mass is 501 g/mol. The van der Waals surface area contributed by atoms with Crippen LogP contribution in [0.25, 0.3) is 0 Å². The molecule has 156 valence electrons. The number of hydrogen-bond acceptors (Lipinski definition) is 4. The maximum absolute atomic E-state index is 11.7. The summed E-state index contributed by atoms with van der Waals surface area (Å²) in [7, 11) is 0. The number of benzene rings is 1. The van der Waals surface area contributed by atoms with Crippen LogP contribution in [-0.4, -0.2) is 67.6 Å². The van der Waals surface area contributed by atoms with Crippen molar-refractivity contribution in [3.05, 3.63) is 35.4 Å². The quantitative estimate of drug-likeness (QED) is 0.245. The van der Waals surface area contributed by atoms with Crippen molar-refractivity contribution in [1.29, 1.82) is 0 Å². The van der Waals surface area contributed by atoms with E-state index < -0.39 is 0 Å². The first-order valence-electron chi connectivity index (χ1n) is 9.90. The molecule has 1 aromatic carbocycles. The molecule has 2 saturated heterocycles. The molecule has 0 unspecified atom stereocenters. The molecular formula is C20H32IN5O2. The predicted molar refractivity (Wildman–Crippen MR) is 122 cm³/mol. The Bertz CT molecular complexity index is 632. The molecule has 0 aromatic heterocycles. The average Bonchev–Trinajstić information content (AvgIpc) is 3.10. The van der Waals surface area contributed by atoms with Gasteiger partial charge in [0.25, 0.3) is 0 Å². The van der Waals surface area contributed by atoms with E-state index in [-0.39, 0.29) is 29.9 Å². The molecule has 2 aliphatic rings. The lowest BCUT2D eigenvalue weighted by Crippen LogP contribution is -2.39. The van der Waals surface area contributed by atoms with Crippen LogP contribution in [0.5, 0.6) is 0 Å². The van der Waals surface area contributed by atoms with Crippen LogP contribution in [0.2, 0.25) is 0 Å². The molecule has 0 aliphatic carbocycles. The standard InChI is InChI=1S/C20H31N5O2.HI/c21-20(22-8-2-9-24-11-13-27-14-12-24)23-15-17-4-6-18(7-5-17)16-25-10-1-3-19(25)26;/h4-7H,1-3,8-16H2,(H3,21,22,23);1H. The van der Waals surface area contributed by atoms with Gasteiger partial charge in [-0.3, -0.25) is 9.69 Å². The van der Waals surface area contributed by atoms with Gasteiger partial charge in [-0.2, -0.15) is 0 Å². The van der Waals surface area contributed by atoms with Gasteiger partial charge in [0.15, 0.2) is 5.96 Å². The molecule has 2 aliphatic heterocycles. The number of aliphatic imine (C=N–C) groups is 1. The Morgan fingerprint density at radius 3 is 2.54 bits per heavy atom. The maximum Gasteiger partial charge on any atom is 0.222 e. The third kappa shape index (κ3) is 7.56. The average molecular weight is 501 g/mol. The lowest BCUT2D eigenvalue weighted by atomic mass is 10.1. The third-order valence-electron chi connectivity index (χ3n) is 5.06. The van der Waals surface area contributed by atoms with E-state index in [2.05, 4.69) is 39.5 Å². The lowest BCUT2D eigenvalue weighted by Gasteiger charge is -2.26. The van der Waals surface area contributed by atoms with Crippen LogP contribution in [0, 0.1) is 0 Å². The Kier molecular flexibility index (Phi) is 10.0. The predicted octanol–water partition coefficient (Wildman–Crippen LogP) is 1.55. The van der Waals surface area contributed by atoms with Gasteiger partial charge in [-0.05, 0) is 30.5 Å².